The molecule has 1 N–H and O–H groups in total. The molecule has 0 bridgehead atoms. The first-order valence-corrected chi connectivity index (χ1v) is 6.33. The van der Waals surface area contributed by atoms with E-state index in [1.807, 2.05) is 12.1 Å². The normalized spacial score (nSPS) is 14.1. The summed E-state index contributed by atoms with van der Waals surface area (Å²) < 4.78 is 13.1. The summed E-state index contributed by atoms with van der Waals surface area (Å²) in [6.07, 6.45) is 4.71. The molecule has 1 aromatic carbocycles. The predicted molar refractivity (Wildman–Crippen MR) is 70.6 cm³/mol. The van der Waals surface area contributed by atoms with Crippen molar-refractivity contribution in [2.24, 2.45) is 0 Å². The third-order valence-corrected chi connectivity index (χ3v) is 3.37. The molecule has 2 nitrogen and oxygen atoms in total. The van der Waals surface area contributed by atoms with Crippen molar-refractivity contribution in [1.29, 1.82) is 0 Å². The second-order valence-corrected chi connectivity index (χ2v) is 4.62. The van der Waals surface area contributed by atoms with Crippen LogP contribution in [0.5, 0.6) is 0 Å². The molecule has 0 unspecified atom stereocenters. The smallest absolute Gasteiger partial charge is 0.214 e. The van der Waals surface area contributed by atoms with Gasteiger partial charge in [0.25, 0.3) is 0 Å². The van der Waals surface area contributed by atoms with E-state index in [1.165, 1.54) is 30.0 Å². The molecule has 1 aliphatic carbocycles. The van der Waals surface area contributed by atoms with Crippen LogP contribution in [0.3, 0.4) is 0 Å². The molecule has 0 amide bonds. The maximum absolute atomic E-state index is 13.1. The lowest BCUT2D eigenvalue weighted by atomic mass is 9.90. The van der Waals surface area contributed by atoms with Gasteiger partial charge in [0.1, 0.15) is 5.82 Å². The van der Waals surface area contributed by atoms with Gasteiger partial charge in [0.2, 0.25) is 5.95 Å². The Hall–Kier alpha value is -1.90. The van der Waals surface area contributed by atoms with E-state index in [0.717, 1.165) is 18.5 Å². The van der Waals surface area contributed by atoms with Gasteiger partial charge in [0.05, 0.1) is 0 Å². The van der Waals surface area contributed by atoms with Crippen LogP contribution in [0.1, 0.15) is 24.0 Å². The van der Waals surface area contributed by atoms with Gasteiger partial charge >= 0.3 is 0 Å². The fraction of sp³-hybridized carbons (Fsp3) is 0.267. The molecule has 2 aromatic rings. The van der Waals surface area contributed by atoms with Crippen molar-refractivity contribution >= 4 is 11.5 Å². The molecule has 0 saturated carbocycles. The fourth-order valence-electron chi connectivity index (χ4n) is 2.51. The highest BCUT2D eigenvalue weighted by Gasteiger charge is 2.13. The average molecular weight is 242 g/mol. The van der Waals surface area contributed by atoms with E-state index >= 15 is 0 Å². The van der Waals surface area contributed by atoms with Crippen LogP contribution in [0, 0.1) is 5.95 Å². The molecule has 3 rings (SSSR count). The summed E-state index contributed by atoms with van der Waals surface area (Å²) in [7, 11) is 0. The summed E-state index contributed by atoms with van der Waals surface area (Å²) in [5.74, 6) is 0.110. The van der Waals surface area contributed by atoms with E-state index in [4.69, 9.17) is 0 Å². The summed E-state index contributed by atoms with van der Waals surface area (Å²) in [4.78, 5) is 3.84. The molecule has 0 saturated heterocycles. The van der Waals surface area contributed by atoms with Gasteiger partial charge in [0, 0.05) is 5.69 Å². The predicted octanol–water partition coefficient (Wildman–Crippen LogP) is 3.84. The number of aromatic nitrogens is 1. The largest absolute Gasteiger partial charge is 0.340 e. The summed E-state index contributed by atoms with van der Waals surface area (Å²) in [6, 6.07) is 11.1. The molecular weight excluding hydrogens is 227 g/mol. The Morgan fingerprint density at radius 3 is 2.72 bits per heavy atom. The third kappa shape index (κ3) is 2.21. The van der Waals surface area contributed by atoms with Crippen molar-refractivity contribution in [3.63, 3.8) is 0 Å². The number of halogens is 1. The van der Waals surface area contributed by atoms with Crippen LogP contribution >= 0.6 is 0 Å². The molecule has 0 spiro atoms. The van der Waals surface area contributed by atoms with Crippen molar-refractivity contribution in [3.05, 3.63) is 53.5 Å². The van der Waals surface area contributed by atoms with Crippen molar-refractivity contribution in [3.8, 4) is 0 Å². The van der Waals surface area contributed by atoms with E-state index in [9.17, 15) is 4.39 Å². The Bertz CT molecular complexity index is 566. The van der Waals surface area contributed by atoms with Crippen LogP contribution in [0.2, 0.25) is 0 Å². The molecule has 1 aromatic heterocycles. The molecule has 0 fully saturated rings. The standard InChI is InChI=1S/C15H15FN2/c16-14-9-4-10-15(18-14)17-13-8-3-6-11-5-1-2-7-12(11)13/h3-4,6,8-10H,1-2,5,7H2,(H,17,18). The molecule has 1 heterocycles. The number of hydrogen-bond donors (Lipinski definition) is 1. The Morgan fingerprint density at radius 2 is 1.83 bits per heavy atom. The van der Waals surface area contributed by atoms with Crippen molar-refractivity contribution in [2.45, 2.75) is 25.7 Å². The summed E-state index contributed by atoms with van der Waals surface area (Å²) in [6.45, 7) is 0. The lowest BCUT2D eigenvalue weighted by Gasteiger charge is -2.19. The number of anilines is 2. The van der Waals surface area contributed by atoms with Crippen LogP contribution in [-0.2, 0) is 12.8 Å². The van der Waals surface area contributed by atoms with Gasteiger partial charge in [0.15, 0.2) is 0 Å². The van der Waals surface area contributed by atoms with Crippen molar-refractivity contribution < 1.29 is 4.39 Å². The third-order valence-electron chi connectivity index (χ3n) is 3.37. The molecule has 92 valence electrons. The Kier molecular flexibility index (Phi) is 2.97. The van der Waals surface area contributed by atoms with Crippen LogP contribution < -0.4 is 5.32 Å². The van der Waals surface area contributed by atoms with Crippen LogP contribution in [0.15, 0.2) is 36.4 Å². The number of benzene rings is 1. The zero-order valence-electron chi connectivity index (χ0n) is 10.1. The lowest BCUT2D eigenvalue weighted by molar-refractivity contribution is 0.585. The Labute approximate surface area is 106 Å². The van der Waals surface area contributed by atoms with Gasteiger partial charge in [-0.15, -0.1) is 0 Å². The van der Waals surface area contributed by atoms with Crippen LogP contribution in [0.4, 0.5) is 15.9 Å². The summed E-state index contributed by atoms with van der Waals surface area (Å²) in [5.41, 5.74) is 3.82. The van der Waals surface area contributed by atoms with E-state index in [1.54, 1.807) is 12.1 Å². The highest BCUT2D eigenvalue weighted by molar-refractivity contribution is 5.62. The topological polar surface area (TPSA) is 24.9 Å². The Morgan fingerprint density at radius 1 is 1.00 bits per heavy atom. The SMILES string of the molecule is Fc1cccc(Nc2cccc3c2CCCC3)n1. The molecular formula is C15H15FN2. The van der Waals surface area contributed by atoms with E-state index in [2.05, 4.69) is 16.4 Å². The quantitative estimate of drug-likeness (QED) is 0.809. The zero-order chi connectivity index (χ0) is 12.4. The molecule has 3 heteroatoms. The molecule has 0 atom stereocenters. The van der Waals surface area contributed by atoms with Crippen molar-refractivity contribution in [1.82, 2.24) is 4.98 Å². The van der Waals surface area contributed by atoms with Gasteiger partial charge in [-0.05, 0) is 55.0 Å². The highest BCUT2D eigenvalue weighted by atomic mass is 19.1. The molecule has 0 aliphatic heterocycles. The van der Waals surface area contributed by atoms with E-state index in [0.29, 0.717) is 5.82 Å². The van der Waals surface area contributed by atoms with Gasteiger partial charge in [-0.1, -0.05) is 18.2 Å². The maximum Gasteiger partial charge on any atom is 0.214 e. The Balaban J connectivity index is 1.93. The summed E-state index contributed by atoms with van der Waals surface area (Å²) in [5, 5.41) is 3.22. The van der Waals surface area contributed by atoms with Gasteiger partial charge < -0.3 is 5.32 Å². The van der Waals surface area contributed by atoms with Crippen molar-refractivity contribution in [2.75, 3.05) is 5.32 Å². The minimum atomic E-state index is -0.454. The minimum absolute atomic E-state index is 0.454. The number of pyridine rings is 1. The van der Waals surface area contributed by atoms with Crippen LogP contribution in [0.25, 0.3) is 0 Å². The lowest BCUT2D eigenvalue weighted by Crippen LogP contribution is -2.06. The fourth-order valence-corrected chi connectivity index (χ4v) is 2.51. The number of fused-ring (bicyclic) bond motifs is 1. The molecule has 18 heavy (non-hydrogen) atoms. The highest BCUT2D eigenvalue weighted by Crippen LogP contribution is 2.29. The number of nitrogens with zero attached hydrogens (tertiary/aromatic N) is 1. The van der Waals surface area contributed by atoms with Gasteiger partial charge in [-0.2, -0.15) is 4.39 Å². The first-order valence-electron chi connectivity index (χ1n) is 6.33. The average Bonchev–Trinajstić information content (AvgIpc) is 2.39. The first-order chi connectivity index (χ1) is 8.83. The van der Waals surface area contributed by atoms with Gasteiger partial charge in [-0.3, -0.25) is 0 Å². The number of rotatable bonds is 2. The monoisotopic (exact) mass is 242 g/mol. The zero-order valence-corrected chi connectivity index (χ0v) is 10.1. The minimum Gasteiger partial charge on any atom is -0.340 e. The summed E-state index contributed by atoms with van der Waals surface area (Å²) >= 11 is 0. The van der Waals surface area contributed by atoms with E-state index in [-0.39, 0.29) is 0 Å². The maximum atomic E-state index is 13.1. The second kappa shape index (κ2) is 4.77. The number of hydrogen-bond acceptors (Lipinski definition) is 2. The molecule has 1 aliphatic rings. The second-order valence-electron chi connectivity index (χ2n) is 4.62. The van der Waals surface area contributed by atoms with Crippen LogP contribution in [-0.4, -0.2) is 4.98 Å². The number of nitrogens with one attached hydrogen (secondary N) is 1. The van der Waals surface area contributed by atoms with E-state index < -0.39 is 5.95 Å². The van der Waals surface area contributed by atoms with Gasteiger partial charge in [-0.25, -0.2) is 4.98 Å². The molecule has 0 radical (unpaired) electrons. The number of aryl methyl sites for hydroxylation is 1. The first kappa shape index (κ1) is 11.2.